The molecule has 1 aliphatic heterocycles. The molecule has 0 unspecified atom stereocenters. The minimum Gasteiger partial charge on any atom is -0.392 e. The number of benzene rings is 2. The molecule has 0 saturated heterocycles. The van der Waals surface area contributed by atoms with Gasteiger partial charge in [-0.1, -0.05) is 36.4 Å². The molecule has 136 valence electrons. The van der Waals surface area contributed by atoms with Crippen molar-refractivity contribution in [2.24, 2.45) is 0 Å². The Morgan fingerprint density at radius 2 is 1.80 bits per heavy atom. The fourth-order valence-electron chi connectivity index (χ4n) is 3.14. The molecule has 1 heterocycles. The minimum absolute atomic E-state index is 0. The predicted octanol–water partition coefficient (Wildman–Crippen LogP) is 2.47. The molecule has 7 heteroatoms. The van der Waals surface area contributed by atoms with Gasteiger partial charge in [-0.05, 0) is 50.2 Å². The van der Waals surface area contributed by atoms with Crippen LogP contribution in [0.15, 0.2) is 54.6 Å². The van der Waals surface area contributed by atoms with Gasteiger partial charge in [0.15, 0.2) is 0 Å². The molecule has 0 aliphatic carbocycles. The highest BCUT2D eigenvalue weighted by atomic mass is 35.5. The Morgan fingerprint density at radius 3 is 2.48 bits per heavy atom. The van der Waals surface area contributed by atoms with E-state index in [1.165, 1.54) is 4.31 Å². The summed E-state index contributed by atoms with van der Waals surface area (Å²) in [6.45, 7) is 0.570. The number of hydrogen-bond donors (Lipinski definition) is 2. The third-order valence-corrected chi connectivity index (χ3v) is 6.54. The first-order valence-corrected chi connectivity index (χ1v) is 9.56. The molecule has 25 heavy (non-hydrogen) atoms. The van der Waals surface area contributed by atoms with Gasteiger partial charge in [0.1, 0.15) is 5.25 Å². The summed E-state index contributed by atoms with van der Waals surface area (Å²) in [5.41, 5.74) is 2.20. The van der Waals surface area contributed by atoms with Crippen molar-refractivity contribution in [2.45, 2.75) is 24.2 Å². The van der Waals surface area contributed by atoms with Crippen LogP contribution in [0.5, 0.6) is 0 Å². The van der Waals surface area contributed by atoms with Crippen molar-refractivity contribution in [3.8, 4) is 0 Å². The third kappa shape index (κ3) is 3.82. The van der Waals surface area contributed by atoms with Crippen LogP contribution in [0, 0.1) is 0 Å². The summed E-state index contributed by atoms with van der Waals surface area (Å²) in [5, 5.41) is 12.6. The van der Waals surface area contributed by atoms with Gasteiger partial charge in [-0.3, -0.25) is 0 Å². The number of aliphatic hydroxyl groups is 1. The van der Waals surface area contributed by atoms with E-state index in [4.69, 9.17) is 0 Å². The van der Waals surface area contributed by atoms with Crippen LogP contribution in [0.2, 0.25) is 0 Å². The fourth-order valence-corrected chi connectivity index (χ4v) is 5.20. The molecule has 0 spiro atoms. The lowest BCUT2D eigenvalue weighted by atomic mass is 10.0. The average molecular weight is 383 g/mol. The maximum Gasteiger partial charge on any atom is 0.245 e. The summed E-state index contributed by atoms with van der Waals surface area (Å²) in [6.07, 6.45) is -0.195. The third-order valence-electron chi connectivity index (χ3n) is 4.38. The van der Waals surface area contributed by atoms with Gasteiger partial charge in [-0.2, -0.15) is 0 Å². The highest BCUT2D eigenvalue weighted by molar-refractivity contribution is 7.93. The average Bonchev–Trinajstić information content (AvgIpc) is 2.59. The van der Waals surface area contributed by atoms with Crippen molar-refractivity contribution >= 4 is 33.8 Å². The second-order valence-electron chi connectivity index (χ2n) is 5.98. The molecule has 0 radical (unpaired) electrons. The smallest absolute Gasteiger partial charge is 0.245 e. The topological polar surface area (TPSA) is 69.6 Å². The molecule has 2 aromatic rings. The van der Waals surface area contributed by atoms with Crippen molar-refractivity contribution in [1.82, 2.24) is 5.32 Å². The molecule has 2 aromatic carbocycles. The van der Waals surface area contributed by atoms with Crippen molar-refractivity contribution in [3.05, 3.63) is 60.2 Å². The van der Waals surface area contributed by atoms with Gasteiger partial charge < -0.3 is 10.4 Å². The number of aliphatic hydroxyl groups excluding tert-OH is 1. The van der Waals surface area contributed by atoms with Crippen molar-refractivity contribution in [1.29, 1.82) is 0 Å². The van der Waals surface area contributed by atoms with Crippen LogP contribution in [-0.2, 0) is 16.4 Å². The van der Waals surface area contributed by atoms with Crippen LogP contribution in [-0.4, -0.2) is 38.5 Å². The number of fused-ring (bicyclic) bond motifs is 1. The SMILES string of the molecule is CNCC[C@@H](O)[C@H]1Cc2ccccc2N(c2ccccc2)S1(=O)=O.Cl. The minimum atomic E-state index is -3.70. The summed E-state index contributed by atoms with van der Waals surface area (Å²) >= 11 is 0. The number of nitrogens with zero attached hydrogens (tertiary/aromatic N) is 1. The summed E-state index contributed by atoms with van der Waals surface area (Å²) in [7, 11) is -1.92. The van der Waals surface area contributed by atoms with Crippen molar-refractivity contribution in [2.75, 3.05) is 17.9 Å². The Bertz CT molecular complexity index is 799. The number of hydrogen-bond acceptors (Lipinski definition) is 4. The number of halogens is 1. The van der Waals surface area contributed by atoms with E-state index < -0.39 is 21.4 Å². The van der Waals surface area contributed by atoms with Gasteiger partial charge in [0.2, 0.25) is 10.0 Å². The molecule has 0 fully saturated rings. The van der Waals surface area contributed by atoms with E-state index in [1.807, 2.05) is 42.5 Å². The first-order chi connectivity index (χ1) is 11.6. The van der Waals surface area contributed by atoms with E-state index in [0.29, 0.717) is 30.8 Å². The Morgan fingerprint density at radius 1 is 1.16 bits per heavy atom. The molecule has 0 amide bonds. The van der Waals surface area contributed by atoms with E-state index in [2.05, 4.69) is 5.32 Å². The van der Waals surface area contributed by atoms with Gasteiger partial charge in [0.25, 0.3) is 0 Å². The molecule has 1 aliphatic rings. The largest absolute Gasteiger partial charge is 0.392 e. The Kier molecular flexibility index (Phi) is 6.46. The van der Waals surface area contributed by atoms with Gasteiger partial charge in [-0.25, -0.2) is 12.7 Å². The normalized spacial score (nSPS) is 19.6. The zero-order chi connectivity index (χ0) is 17.2. The van der Waals surface area contributed by atoms with E-state index in [0.717, 1.165) is 5.56 Å². The second kappa shape index (κ2) is 8.19. The molecule has 2 N–H and O–H groups in total. The number of nitrogens with one attached hydrogen (secondary N) is 1. The number of sulfonamides is 1. The summed E-state index contributed by atoms with van der Waals surface area (Å²) in [5.74, 6) is 0. The predicted molar refractivity (Wildman–Crippen MR) is 103 cm³/mol. The van der Waals surface area contributed by atoms with E-state index in [9.17, 15) is 13.5 Å². The van der Waals surface area contributed by atoms with E-state index in [-0.39, 0.29) is 12.4 Å². The maximum atomic E-state index is 13.2. The van der Waals surface area contributed by atoms with E-state index in [1.54, 1.807) is 19.2 Å². The Balaban J connectivity index is 0.00000225. The van der Waals surface area contributed by atoms with Crippen LogP contribution in [0.3, 0.4) is 0 Å². The maximum absolute atomic E-state index is 13.2. The first kappa shape index (κ1) is 19.7. The quantitative estimate of drug-likeness (QED) is 0.833. The number of rotatable bonds is 5. The van der Waals surface area contributed by atoms with Gasteiger partial charge in [0.05, 0.1) is 17.5 Å². The number of para-hydroxylation sites is 2. The molecule has 0 aromatic heterocycles. The van der Waals surface area contributed by atoms with Gasteiger partial charge in [0, 0.05) is 0 Å². The molecule has 5 nitrogen and oxygen atoms in total. The van der Waals surface area contributed by atoms with Crippen LogP contribution < -0.4 is 9.62 Å². The highest BCUT2D eigenvalue weighted by Crippen LogP contribution is 2.39. The van der Waals surface area contributed by atoms with Gasteiger partial charge in [-0.15, -0.1) is 12.4 Å². The Labute approximate surface area is 155 Å². The van der Waals surface area contributed by atoms with Crippen LogP contribution in [0.25, 0.3) is 0 Å². The monoisotopic (exact) mass is 382 g/mol. The number of anilines is 2. The van der Waals surface area contributed by atoms with E-state index >= 15 is 0 Å². The standard InChI is InChI=1S/C18H22N2O3S.ClH/c1-19-12-11-17(21)18-13-14-7-5-6-10-16(14)20(24(18,22)23)15-8-3-2-4-9-15;/h2-10,17-19,21H,11-13H2,1H3;1H/t17-,18-;/m1./s1. The van der Waals surface area contributed by atoms with Crippen molar-refractivity contribution in [3.63, 3.8) is 0 Å². The second-order valence-corrected chi connectivity index (χ2v) is 7.98. The fraction of sp³-hybridized carbons (Fsp3) is 0.333. The molecular weight excluding hydrogens is 360 g/mol. The molecule has 0 saturated carbocycles. The van der Waals surface area contributed by atoms with Crippen LogP contribution in [0.1, 0.15) is 12.0 Å². The molecule has 3 rings (SSSR count). The zero-order valence-electron chi connectivity index (χ0n) is 14.0. The lowest BCUT2D eigenvalue weighted by molar-refractivity contribution is 0.157. The van der Waals surface area contributed by atoms with Gasteiger partial charge >= 0.3 is 0 Å². The lowest BCUT2D eigenvalue weighted by Crippen LogP contribution is -2.47. The Hall–Kier alpha value is -1.60. The zero-order valence-corrected chi connectivity index (χ0v) is 15.6. The van der Waals surface area contributed by atoms with Crippen LogP contribution in [0.4, 0.5) is 11.4 Å². The summed E-state index contributed by atoms with van der Waals surface area (Å²) in [4.78, 5) is 0. The first-order valence-electron chi connectivity index (χ1n) is 8.05. The highest BCUT2D eigenvalue weighted by Gasteiger charge is 2.42. The molecule has 0 bridgehead atoms. The molecule has 2 atom stereocenters. The van der Waals surface area contributed by atoms with Crippen molar-refractivity contribution < 1.29 is 13.5 Å². The van der Waals surface area contributed by atoms with Crippen LogP contribution >= 0.6 is 12.4 Å². The molecular formula is C18H23ClN2O3S. The summed E-state index contributed by atoms with van der Waals surface area (Å²) in [6, 6.07) is 16.5. The lowest BCUT2D eigenvalue weighted by Gasteiger charge is -2.37. The summed E-state index contributed by atoms with van der Waals surface area (Å²) < 4.78 is 27.8.